The molecule has 22 heavy (non-hydrogen) atoms. The molecule has 0 radical (unpaired) electrons. The van der Waals surface area contributed by atoms with Gasteiger partial charge in [0.15, 0.2) is 0 Å². The van der Waals surface area contributed by atoms with E-state index in [1.165, 1.54) is 23.1 Å². The van der Waals surface area contributed by atoms with E-state index in [1.54, 1.807) is 31.3 Å². The summed E-state index contributed by atoms with van der Waals surface area (Å²) in [5, 5.41) is 5.79. The second kappa shape index (κ2) is 4.07. The number of nitrogens with zero attached hydrogens (tertiary/aromatic N) is 1. The molecule has 2 amide bonds. The lowest BCUT2D eigenvalue weighted by Gasteiger charge is -2.42. The number of hydrogen-bond acceptors (Lipinski definition) is 3. The number of rotatable bonds is 0. The van der Waals surface area contributed by atoms with E-state index in [0.29, 0.717) is 22.5 Å². The third-order valence-electron chi connectivity index (χ3n) is 4.23. The van der Waals surface area contributed by atoms with Crippen LogP contribution in [0, 0.1) is 5.82 Å². The maximum atomic E-state index is 13.4. The van der Waals surface area contributed by atoms with Gasteiger partial charge in [0.1, 0.15) is 5.82 Å². The van der Waals surface area contributed by atoms with Crippen molar-refractivity contribution in [2.45, 2.75) is 5.66 Å². The topological polar surface area (TPSA) is 61.4 Å². The standard InChI is InChI=1S/C16H12FN3O2/c1-20-14(21)10-4-2-3-5-12(10)19-16(20)11-7-6-9(17)8-13(11)18-15(16)22/h2-8,19H,1H3,(H,18,22)/t16-/m0/s1. The largest absolute Gasteiger partial charge is 0.350 e. The Hall–Kier alpha value is -2.89. The third kappa shape index (κ3) is 1.41. The van der Waals surface area contributed by atoms with Crippen LogP contribution in [-0.2, 0) is 10.5 Å². The second-order valence-electron chi connectivity index (χ2n) is 5.39. The summed E-state index contributed by atoms with van der Waals surface area (Å²) in [5.74, 6) is -1.11. The molecule has 0 saturated carbocycles. The van der Waals surface area contributed by atoms with E-state index < -0.39 is 17.4 Å². The Bertz CT molecular complexity index is 836. The van der Waals surface area contributed by atoms with Crippen molar-refractivity contribution < 1.29 is 14.0 Å². The van der Waals surface area contributed by atoms with Gasteiger partial charge in [-0.15, -0.1) is 0 Å². The van der Waals surface area contributed by atoms with E-state index >= 15 is 0 Å². The summed E-state index contributed by atoms with van der Waals surface area (Å²) >= 11 is 0. The van der Waals surface area contributed by atoms with Crippen LogP contribution in [0.25, 0.3) is 0 Å². The van der Waals surface area contributed by atoms with E-state index in [1.807, 2.05) is 0 Å². The number of carbonyl (C=O) groups is 2. The summed E-state index contributed by atoms with van der Waals surface area (Å²) in [4.78, 5) is 26.6. The van der Waals surface area contributed by atoms with Crippen molar-refractivity contribution in [2.75, 3.05) is 17.7 Å². The van der Waals surface area contributed by atoms with Gasteiger partial charge in [0.25, 0.3) is 11.8 Å². The van der Waals surface area contributed by atoms with Gasteiger partial charge in [0, 0.05) is 18.3 Å². The Morgan fingerprint density at radius 1 is 1.09 bits per heavy atom. The van der Waals surface area contributed by atoms with Gasteiger partial charge in [-0.05, 0) is 30.3 Å². The number of likely N-dealkylation sites (N-methyl/N-ethyl adjacent to an activating group) is 1. The lowest BCUT2D eigenvalue weighted by Crippen LogP contribution is -2.59. The van der Waals surface area contributed by atoms with Gasteiger partial charge in [-0.3, -0.25) is 9.59 Å². The van der Waals surface area contributed by atoms with Crippen molar-refractivity contribution in [1.29, 1.82) is 0 Å². The van der Waals surface area contributed by atoms with Crippen LogP contribution in [0.1, 0.15) is 15.9 Å². The molecule has 2 aromatic carbocycles. The summed E-state index contributed by atoms with van der Waals surface area (Å²) < 4.78 is 13.4. The van der Waals surface area contributed by atoms with Crippen LogP contribution in [-0.4, -0.2) is 23.8 Å². The first-order chi connectivity index (χ1) is 10.5. The van der Waals surface area contributed by atoms with E-state index in [4.69, 9.17) is 0 Å². The summed E-state index contributed by atoms with van der Waals surface area (Å²) in [5.41, 5.74) is 0.631. The van der Waals surface area contributed by atoms with Gasteiger partial charge in [0.2, 0.25) is 5.66 Å². The summed E-state index contributed by atoms with van der Waals surface area (Å²) in [7, 11) is 1.56. The van der Waals surface area contributed by atoms with E-state index in [-0.39, 0.29) is 5.91 Å². The minimum absolute atomic E-state index is 0.262. The highest BCUT2D eigenvalue weighted by atomic mass is 19.1. The van der Waals surface area contributed by atoms with Crippen LogP contribution >= 0.6 is 0 Å². The summed E-state index contributed by atoms with van der Waals surface area (Å²) in [6, 6.07) is 11.1. The minimum atomic E-state index is -1.35. The van der Waals surface area contributed by atoms with E-state index in [2.05, 4.69) is 10.6 Å². The Kier molecular flexibility index (Phi) is 2.37. The van der Waals surface area contributed by atoms with Gasteiger partial charge in [0.05, 0.1) is 11.3 Å². The number of carbonyl (C=O) groups excluding carboxylic acids is 2. The van der Waals surface area contributed by atoms with Gasteiger partial charge < -0.3 is 15.5 Å². The minimum Gasteiger partial charge on any atom is -0.350 e. The Balaban J connectivity index is 1.96. The molecular weight excluding hydrogens is 285 g/mol. The van der Waals surface area contributed by atoms with Gasteiger partial charge in [-0.1, -0.05) is 12.1 Å². The molecule has 4 rings (SSSR count). The monoisotopic (exact) mass is 297 g/mol. The fourth-order valence-electron chi connectivity index (χ4n) is 3.12. The fraction of sp³-hybridized carbons (Fsp3) is 0.125. The maximum absolute atomic E-state index is 13.4. The molecule has 2 heterocycles. The Morgan fingerprint density at radius 3 is 2.68 bits per heavy atom. The first-order valence-electron chi connectivity index (χ1n) is 6.81. The van der Waals surface area contributed by atoms with E-state index in [9.17, 15) is 14.0 Å². The zero-order valence-corrected chi connectivity index (χ0v) is 11.7. The molecule has 2 aliphatic heterocycles. The fourth-order valence-corrected chi connectivity index (χ4v) is 3.12. The van der Waals surface area contributed by atoms with Crippen molar-refractivity contribution in [2.24, 2.45) is 0 Å². The SMILES string of the molecule is CN1C(=O)c2ccccc2N[C@]12C(=O)Nc1cc(F)ccc12. The predicted octanol–water partition coefficient (Wildman–Crippen LogP) is 2.13. The van der Waals surface area contributed by atoms with Gasteiger partial charge in [-0.2, -0.15) is 0 Å². The highest BCUT2D eigenvalue weighted by Gasteiger charge is 2.54. The van der Waals surface area contributed by atoms with Crippen molar-refractivity contribution >= 4 is 23.2 Å². The smallest absolute Gasteiger partial charge is 0.276 e. The highest BCUT2D eigenvalue weighted by molar-refractivity contribution is 6.14. The molecule has 2 aliphatic rings. The summed E-state index contributed by atoms with van der Waals surface area (Å²) in [6.45, 7) is 0. The zero-order chi connectivity index (χ0) is 15.5. The number of amides is 2. The molecule has 0 saturated heterocycles. The van der Waals surface area contributed by atoms with Crippen molar-refractivity contribution in [3.05, 3.63) is 59.4 Å². The zero-order valence-electron chi connectivity index (χ0n) is 11.7. The molecular formula is C16H12FN3O2. The van der Waals surface area contributed by atoms with Crippen LogP contribution < -0.4 is 10.6 Å². The van der Waals surface area contributed by atoms with Crippen LogP contribution in [0.5, 0.6) is 0 Å². The van der Waals surface area contributed by atoms with Gasteiger partial charge in [-0.25, -0.2) is 4.39 Å². The van der Waals surface area contributed by atoms with Crippen molar-refractivity contribution in [3.8, 4) is 0 Å². The van der Waals surface area contributed by atoms with Crippen LogP contribution in [0.4, 0.5) is 15.8 Å². The molecule has 1 atom stereocenters. The van der Waals surface area contributed by atoms with Crippen LogP contribution in [0.2, 0.25) is 0 Å². The molecule has 6 heteroatoms. The number of hydrogen-bond donors (Lipinski definition) is 2. The second-order valence-corrected chi connectivity index (χ2v) is 5.39. The molecule has 0 bridgehead atoms. The number of para-hydroxylation sites is 1. The van der Waals surface area contributed by atoms with Crippen LogP contribution in [0.15, 0.2) is 42.5 Å². The molecule has 2 N–H and O–H groups in total. The number of anilines is 2. The molecule has 2 aromatic rings. The highest BCUT2D eigenvalue weighted by Crippen LogP contribution is 2.44. The quantitative estimate of drug-likeness (QED) is 0.783. The van der Waals surface area contributed by atoms with Gasteiger partial charge >= 0.3 is 0 Å². The lowest BCUT2D eigenvalue weighted by molar-refractivity contribution is -0.124. The molecule has 5 nitrogen and oxygen atoms in total. The van der Waals surface area contributed by atoms with Crippen molar-refractivity contribution in [3.63, 3.8) is 0 Å². The maximum Gasteiger partial charge on any atom is 0.276 e. The van der Waals surface area contributed by atoms with E-state index in [0.717, 1.165) is 0 Å². The molecule has 1 spiro atoms. The molecule has 0 aromatic heterocycles. The first kappa shape index (κ1) is 12.8. The first-order valence-corrected chi connectivity index (χ1v) is 6.81. The average molecular weight is 297 g/mol. The third-order valence-corrected chi connectivity index (χ3v) is 4.23. The Morgan fingerprint density at radius 2 is 1.86 bits per heavy atom. The molecule has 0 aliphatic carbocycles. The number of fused-ring (bicyclic) bond motifs is 3. The lowest BCUT2D eigenvalue weighted by atomic mass is 9.93. The van der Waals surface area contributed by atoms with Crippen LogP contribution in [0.3, 0.4) is 0 Å². The molecule has 0 fully saturated rings. The average Bonchev–Trinajstić information content (AvgIpc) is 2.77. The Labute approximate surface area is 125 Å². The number of benzene rings is 2. The normalized spacial score (nSPS) is 22.2. The number of halogens is 1. The van der Waals surface area contributed by atoms with Crippen molar-refractivity contribution in [1.82, 2.24) is 4.90 Å². The molecule has 0 unspecified atom stereocenters. The molecule has 110 valence electrons. The summed E-state index contributed by atoms with van der Waals surface area (Å²) in [6.07, 6.45) is 0. The predicted molar refractivity (Wildman–Crippen MR) is 78.9 cm³/mol. The number of nitrogens with one attached hydrogen (secondary N) is 2.